The molecular formula is C16H20F3N3O5. The monoisotopic (exact) mass is 391 g/mol. The summed E-state index contributed by atoms with van der Waals surface area (Å²) in [5.74, 6) is -1.18. The van der Waals surface area contributed by atoms with Crippen LogP contribution in [0.15, 0.2) is 18.2 Å². The average molecular weight is 391 g/mol. The van der Waals surface area contributed by atoms with Gasteiger partial charge >= 0.3 is 12.1 Å². The van der Waals surface area contributed by atoms with E-state index in [0.717, 1.165) is 6.07 Å². The third-order valence-corrected chi connectivity index (χ3v) is 3.30. The Labute approximate surface area is 153 Å². The molecular weight excluding hydrogens is 371 g/mol. The van der Waals surface area contributed by atoms with Gasteiger partial charge in [-0.1, -0.05) is 13.8 Å². The van der Waals surface area contributed by atoms with Crippen molar-refractivity contribution in [3.8, 4) is 0 Å². The zero-order chi connectivity index (χ0) is 20.8. The molecule has 11 heteroatoms. The standard InChI is InChI=1S/C16H20F3N3O5/c1-9(2)7-20-14(23)8-27-15(24)10(3)21-12-5-4-11(16(17,18)19)6-13(12)22(25)26/h4-6,9-10,21H,7-8H2,1-3H3,(H,20,23)/t10-/m1/s1. The van der Waals surface area contributed by atoms with Crippen LogP contribution in [-0.4, -0.2) is 36.0 Å². The number of esters is 1. The summed E-state index contributed by atoms with van der Waals surface area (Å²) in [4.78, 5) is 33.4. The van der Waals surface area contributed by atoms with E-state index in [1.807, 2.05) is 13.8 Å². The zero-order valence-electron chi connectivity index (χ0n) is 14.9. The maximum Gasteiger partial charge on any atom is 0.416 e. The lowest BCUT2D eigenvalue weighted by Crippen LogP contribution is -2.35. The Hall–Kier alpha value is -2.85. The van der Waals surface area contributed by atoms with E-state index in [9.17, 15) is 32.9 Å². The van der Waals surface area contributed by atoms with Crippen LogP contribution in [0.2, 0.25) is 0 Å². The number of nitrogens with zero attached hydrogens (tertiary/aromatic N) is 1. The van der Waals surface area contributed by atoms with Crippen molar-refractivity contribution >= 4 is 23.3 Å². The molecule has 0 unspecified atom stereocenters. The predicted molar refractivity (Wildman–Crippen MR) is 90.0 cm³/mol. The molecule has 0 aromatic heterocycles. The van der Waals surface area contributed by atoms with E-state index >= 15 is 0 Å². The predicted octanol–water partition coefficient (Wildman–Crippen LogP) is 2.73. The lowest BCUT2D eigenvalue weighted by molar-refractivity contribution is -0.384. The summed E-state index contributed by atoms with van der Waals surface area (Å²) in [5, 5.41) is 16.0. The summed E-state index contributed by atoms with van der Waals surface area (Å²) < 4.78 is 42.8. The maximum atomic E-state index is 12.7. The molecule has 1 atom stereocenters. The lowest BCUT2D eigenvalue weighted by Gasteiger charge is -2.15. The number of ether oxygens (including phenoxy) is 1. The van der Waals surface area contributed by atoms with Crippen molar-refractivity contribution in [3.05, 3.63) is 33.9 Å². The Morgan fingerprint density at radius 3 is 2.41 bits per heavy atom. The summed E-state index contributed by atoms with van der Waals surface area (Å²) in [5.41, 5.74) is -2.29. The minimum Gasteiger partial charge on any atom is -0.454 e. The van der Waals surface area contributed by atoms with E-state index < -0.39 is 46.9 Å². The fourth-order valence-corrected chi connectivity index (χ4v) is 1.90. The minimum atomic E-state index is -4.74. The van der Waals surface area contributed by atoms with Crippen LogP contribution in [-0.2, 0) is 20.5 Å². The summed E-state index contributed by atoms with van der Waals surface area (Å²) in [7, 11) is 0. The van der Waals surface area contributed by atoms with E-state index in [-0.39, 0.29) is 11.6 Å². The second-order valence-corrected chi connectivity index (χ2v) is 6.16. The number of nitro groups is 1. The molecule has 2 N–H and O–H groups in total. The molecule has 0 fully saturated rings. The maximum absolute atomic E-state index is 12.7. The number of hydrogen-bond acceptors (Lipinski definition) is 6. The number of rotatable bonds is 8. The van der Waals surface area contributed by atoms with Crippen molar-refractivity contribution in [2.24, 2.45) is 5.92 Å². The number of hydrogen-bond donors (Lipinski definition) is 2. The largest absolute Gasteiger partial charge is 0.454 e. The van der Waals surface area contributed by atoms with Crippen molar-refractivity contribution in [1.82, 2.24) is 5.32 Å². The summed E-state index contributed by atoms with van der Waals surface area (Å²) in [6.07, 6.45) is -4.74. The van der Waals surface area contributed by atoms with E-state index in [2.05, 4.69) is 10.6 Å². The highest BCUT2D eigenvalue weighted by Crippen LogP contribution is 2.35. The van der Waals surface area contributed by atoms with Gasteiger partial charge in [-0.2, -0.15) is 13.2 Å². The van der Waals surface area contributed by atoms with Gasteiger partial charge in [-0.05, 0) is 25.0 Å². The van der Waals surface area contributed by atoms with Crippen LogP contribution >= 0.6 is 0 Å². The lowest BCUT2D eigenvalue weighted by atomic mass is 10.1. The van der Waals surface area contributed by atoms with Gasteiger partial charge in [0.15, 0.2) is 6.61 Å². The van der Waals surface area contributed by atoms with Gasteiger partial charge in [-0.25, -0.2) is 4.79 Å². The van der Waals surface area contributed by atoms with E-state index in [4.69, 9.17) is 4.74 Å². The molecule has 27 heavy (non-hydrogen) atoms. The molecule has 0 saturated heterocycles. The molecule has 0 aliphatic carbocycles. The van der Waals surface area contributed by atoms with Crippen LogP contribution in [0.1, 0.15) is 26.3 Å². The van der Waals surface area contributed by atoms with Gasteiger partial charge in [-0.3, -0.25) is 14.9 Å². The SMILES string of the molecule is CC(C)CNC(=O)COC(=O)[C@@H](C)Nc1ccc(C(F)(F)F)cc1[N+](=O)[O-]. The van der Waals surface area contributed by atoms with E-state index in [0.29, 0.717) is 18.7 Å². The highest BCUT2D eigenvalue weighted by Gasteiger charge is 2.33. The number of nitrogens with one attached hydrogen (secondary N) is 2. The van der Waals surface area contributed by atoms with Crippen molar-refractivity contribution < 1.29 is 32.4 Å². The molecule has 0 heterocycles. The minimum absolute atomic E-state index is 0.213. The van der Waals surface area contributed by atoms with Gasteiger partial charge in [0.05, 0.1) is 10.5 Å². The fraction of sp³-hybridized carbons (Fsp3) is 0.500. The average Bonchev–Trinajstić information content (AvgIpc) is 2.56. The van der Waals surface area contributed by atoms with Crippen molar-refractivity contribution in [2.75, 3.05) is 18.5 Å². The molecule has 1 aromatic carbocycles. The highest BCUT2D eigenvalue weighted by atomic mass is 19.4. The normalized spacial score (nSPS) is 12.4. The number of alkyl halides is 3. The van der Waals surface area contributed by atoms with Gasteiger partial charge in [0.1, 0.15) is 11.7 Å². The number of anilines is 1. The number of halogens is 3. The third kappa shape index (κ3) is 7.12. The van der Waals surface area contributed by atoms with Crippen molar-refractivity contribution in [1.29, 1.82) is 0 Å². The summed E-state index contributed by atoms with van der Waals surface area (Å²) in [6.45, 7) is 4.94. The molecule has 0 aliphatic rings. The third-order valence-electron chi connectivity index (χ3n) is 3.30. The molecule has 1 rings (SSSR count). The molecule has 0 radical (unpaired) electrons. The van der Waals surface area contributed by atoms with Crippen molar-refractivity contribution in [3.63, 3.8) is 0 Å². The molecule has 0 aliphatic heterocycles. The second-order valence-electron chi connectivity index (χ2n) is 6.16. The fourth-order valence-electron chi connectivity index (χ4n) is 1.90. The van der Waals surface area contributed by atoms with Gasteiger partial charge in [0.25, 0.3) is 11.6 Å². The molecule has 0 saturated carbocycles. The number of nitro benzene ring substituents is 1. The number of benzene rings is 1. The van der Waals surface area contributed by atoms with Gasteiger partial charge in [0.2, 0.25) is 0 Å². The van der Waals surface area contributed by atoms with Crippen LogP contribution in [0.3, 0.4) is 0 Å². The number of carbonyl (C=O) groups is 2. The van der Waals surface area contributed by atoms with Gasteiger partial charge < -0.3 is 15.4 Å². The zero-order valence-corrected chi connectivity index (χ0v) is 14.9. The molecule has 0 bridgehead atoms. The summed E-state index contributed by atoms with van der Waals surface area (Å²) >= 11 is 0. The Morgan fingerprint density at radius 1 is 1.26 bits per heavy atom. The first kappa shape index (κ1) is 22.2. The van der Waals surface area contributed by atoms with Crippen LogP contribution < -0.4 is 10.6 Å². The Kier molecular flexibility index (Phi) is 7.56. The van der Waals surface area contributed by atoms with Crippen molar-refractivity contribution in [2.45, 2.75) is 33.0 Å². The Bertz CT molecular complexity index is 707. The molecule has 1 amide bonds. The van der Waals surface area contributed by atoms with Gasteiger partial charge in [-0.15, -0.1) is 0 Å². The van der Waals surface area contributed by atoms with Gasteiger partial charge in [0, 0.05) is 12.6 Å². The topological polar surface area (TPSA) is 111 Å². The first-order valence-corrected chi connectivity index (χ1v) is 7.97. The highest BCUT2D eigenvalue weighted by molar-refractivity contribution is 5.84. The second kappa shape index (κ2) is 9.19. The quantitative estimate of drug-likeness (QED) is 0.401. The first-order valence-electron chi connectivity index (χ1n) is 7.97. The van der Waals surface area contributed by atoms with E-state index in [1.54, 1.807) is 0 Å². The Balaban J connectivity index is 2.75. The molecule has 0 spiro atoms. The molecule has 1 aromatic rings. The first-order chi connectivity index (χ1) is 12.4. The molecule has 150 valence electrons. The summed E-state index contributed by atoms with van der Waals surface area (Å²) in [6, 6.07) is 0.769. The molecule has 8 nitrogen and oxygen atoms in total. The van der Waals surface area contributed by atoms with Crippen LogP contribution in [0, 0.1) is 16.0 Å². The number of amides is 1. The van der Waals surface area contributed by atoms with Crippen LogP contribution in [0.4, 0.5) is 24.5 Å². The number of carbonyl (C=O) groups excluding carboxylic acids is 2. The van der Waals surface area contributed by atoms with Crippen LogP contribution in [0.5, 0.6) is 0 Å². The smallest absolute Gasteiger partial charge is 0.416 e. The Morgan fingerprint density at radius 2 is 1.89 bits per heavy atom. The van der Waals surface area contributed by atoms with Crippen LogP contribution in [0.25, 0.3) is 0 Å². The van der Waals surface area contributed by atoms with E-state index in [1.165, 1.54) is 6.92 Å².